The predicted molar refractivity (Wildman–Crippen MR) is 61.0 cm³/mol. The Morgan fingerprint density at radius 1 is 1.20 bits per heavy atom. The van der Waals surface area contributed by atoms with Crippen molar-refractivity contribution in [1.82, 2.24) is 4.90 Å². The fraction of sp³-hybridized carbons (Fsp3) is 0.455. The SMILES string of the molecule is CCN(CC)C(F)(F)c1ccccc1Br. The van der Waals surface area contributed by atoms with Crippen molar-refractivity contribution in [2.24, 2.45) is 0 Å². The van der Waals surface area contributed by atoms with Crippen LogP contribution >= 0.6 is 15.9 Å². The lowest BCUT2D eigenvalue weighted by molar-refractivity contribution is -0.151. The molecule has 4 heteroatoms. The summed E-state index contributed by atoms with van der Waals surface area (Å²) in [5.41, 5.74) is 0.0219. The summed E-state index contributed by atoms with van der Waals surface area (Å²) < 4.78 is 28.4. The van der Waals surface area contributed by atoms with E-state index in [-0.39, 0.29) is 5.56 Å². The van der Waals surface area contributed by atoms with Crippen LogP contribution in [0.15, 0.2) is 28.7 Å². The maximum absolute atomic E-state index is 14.0. The highest BCUT2D eigenvalue weighted by molar-refractivity contribution is 9.10. The first-order valence-corrected chi connectivity index (χ1v) is 5.71. The highest BCUT2D eigenvalue weighted by Crippen LogP contribution is 2.36. The third-order valence-corrected chi connectivity index (χ3v) is 3.05. The van der Waals surface area contributed by atoms with Crippen molar-refractivity contribution in [2.75, 3.05) is 13.1 Å². The Balaban J connectivity index is 3.09. The maximum Gasteiger partial charge on any atom is 0.332 e. The van der Waals surface area contributed by atoms with Gasteiger partial charge >= 0.3 is 6.05 Å². The summed E-state index contributed by atoms with van der Waals surface area (Å²) >= 11 is 3.15. The van der Waals surface area contributed by atoms with Crippen LogP contribution in [0.1, 0.15) is 19.4 Å². The number of benzene rings is 1. The minimum absolute atomic E-state index is 0.0219. The molecular weight excluding hydrogens is 264 g/mol. The van der Waals surface area contributed by atoms with Gasteiger partial charge in [0.05, 0.1) is 5.56 Å². The topological polar surface area (TPSA) is 3.24 Å². The van der Waals surface area contributed by atoms with E-state index in [2.05, 4.69) is 15.9 Å². The summed E-state index contributed by atoms with van der Waals surface area (Å²) in [7, 11) is 0. The molecule has 0 N–H and O–H groups in total. The lowest BCUT2D eigenvalue weighted by Gasteiger charge is -2.29. The molecule has 1 aromatic carbocycles. The van der Waals surface area contributed by atoms with Gasteiger partial charge in [-0.15, -0.1) is 0 Å². The second-order valence-corrected chi connectivity index (χ2v) is 4.05. The van der Waals surface area contributed by atoms with Crippen LogP contribution in [0.2, 0.25) is 0 Å². The molecule has 0 unspecified atom stereocenters. The van der Waals surface area contributed by atoms with Gasteiger partial charge < -0.3 is 0 Å². The molecule has 15 heavy (non-hydrogen) atoms. The van der Waals surface area contributed by atoms with Gasteiger partial charge in [-0.2, -0.15) is 8.78 Å². The van der Waals surface area contributed by atoms with Crippen LogP contribution in [0.4, 0.5) is 8.78 Å². The van der Waals surface area contributed by atoms with Crippen LogP contribution in [-0.4, -0.2) is 18.0 Å². The minimum atomic E-state index is -2.91. The summed E-state index contributed by atoms with van der Waals surface area (Å²) in [6, 6.07) is 3.52. The van der Waals surface area contributed by atoms with Gasteiger partial charge in [-0.05, 0) is 6.07 Å². The first-order valence-electron chi connectivity index (χ1n) is 4.91. The second kappa shape index (κ2) is 5.03. The smallest absolute Gasteiger partial charge is 0.241 e. The molecule has 0 aliphatic heterocycles. The molecule has 0 amide bonds. The van der Waals surface area contributed by atoms with Crippen LogP contribution in [-0.2, 0) is 6.05 Å². The van der Waals surface area contributed by atoms with E-state index in [0.717, 1.165) is 4.90 Å². The quantitative estimate of drug-likeness (QED) is 0.756. The zero-order chi connectivity index (χ0) is 11.5. The van der Waals surface area contributed by atoms with E-state index in [4.69, 9.17) is 0 Å². The van der Waals surface area contributed by atoms with E-state index in [9.17, 15) is 8.78 Å². The standard InChI is InChI=1S/C11H14BrF2N/c1-3-15(4-2)11(13,14)9-7-5-6-8-10(9)12/h5-8H,3-4H2,1-2H3. The molecule has 0 saturated carbocycles. The summed E-state index contributed by atoms with van der Waals surface area (Å²) in [6.07, 6.45) is 0. The molecule has 0 spiro atoms. The largest absolute Gasteiger partial charge is 0.332 e. The third-order valence-electron chi connectivity index (χ3n) is 2.36. The van der Waals surface area contributed by atoms with Crippen molar-refractivity contribution in [2.45, 2.75) is 19.9 Å². The lowest BCUT2D eigenvalue weighted by Crippen LogP contribution is -2.39. The highest BCUT2D eigenvalue weighted by Gasteiger charge is 2.38. The van der Waals surface area contributed by atoms with Crippen molar-refractivity contribution in [3.8, 4) is 0 Å². The summed E-state index contributed by atoms with van der Waals surface area (Å²) in [5, 5.41) is 0. The fourth-order valence-electron chi connectivity index (χ4n) is 1.50. The van der Waals surface area contributed by atoms with Crippen LogP contribution in [0, 0.1) is 0 Å². The highest BCUT2D eigenvalue weighted by atomic mass is 79.9. The molecular formula is C11H14BrF2N. The van der Waals surface area contributed by atoms with Gasteiger partial charge in [0.2, 0.25) is 0 Å². The Morgan fingerprint density at radius 3 is 2.20 bits per heavy atom. The molecule has 0 atom stereocenters. The van der Waals surface area contributed by atoms with Gasteiger partial charge in [-0.1, -0.05) is 48.0 Å². The Labute approximate surface area is 97.2 Å². The predicted octanol–water partition coefficient (Wildman–Crippen LogP) is 3.84. The molecule has 1 aromatic rings. The number of halogens is 3. The van der Waals surface area contributed by atoms with E-state index in [0.29, 0.717) is 17.6 Å². The lowest BCUT2D eigenvalue weighted by atomic mass is 10.1. The summed E-state index contributed by atoms with van der Waals surface area (Å²) in [4.78, 5) is 1.13. The van der Waals surface area contributed by atoms with E-state index < -0.39 is 6.05 Å². The Bertz CT molecular complexity index is 324. The average Bonchev–Trinajstić information content (AvgIpc) is 2.19. The van der Waals surface area contributed by atoms with Gasteiger partial charge in [0, 0.05) is 17.6 Å². The molecule has 0 aliphatic carbocycles. The van der Waals surface area contributed by atoms with Gasteiger partial charge in [0.15, 0.2) is 0 Å². The minimum Gasteiger partial charge on any atom is -0.241 e. The molecule has 0 heterocycles. The van der Waals surface area contributed by atoms with Crippen LogP contribution in [0.25, 0.3) is 0 Å². The fourth-order valence-corrected chi connectivity index (χ4v) is 2.02. The van der Waals surface area contributed by atoms with Crippen LogP contribution in [0.3, 0.4) is 0 Å². The zero-order valence-corrected chi connectivity index (χ0v) is 10.4. The number of nitrogens with zero attached hydrogens (tertiary/aromatic N) is 1. The summed E-state index contributed by atoms with van der Waals surface area (Å²) in [6.45, 7) is 4.11. The van der Waals surface area contributed by atoms with Crippen molar-refractivity contribution >= 4 is 15.9 Å². The summed E-state index contributed by atoms with van der Waals surface area (Å²) in [5.74, 6) is 0. The van der Waals surface area contributed by atoms with Gasteiger partial charge in [0.25, 0.3) is 0 Å². The zero-order valence-electron chi connectivity index (χ0n) is 8.80. The monoisotopic (exact) mass is 277 g/mol. The molecule has 0 bridgehead atoms. The average molecular weight is 278 g/mol. The van der Waals surface area contributed by atoms with E-state index >= 15 is 0 Å². The Kier molecular flexibility index (Phi) is 4.22. The van der Waals surface area contributed by atoms with Crippen molar-refractivity contribution in [1.29, 1.82) is 0 Å². The van der Waals surface area contributed by atoms with Gasteiger partial charge in [-0.25, -0.2) is 4.90 Å². The number of hydrogen-bond donors (Lipinski definition) is 0. The molecule has 1 nitrogen and oxygen atoms in total. The van der Waals surface area contributed by atoms with Crippen LogP contribution in [0.5, 0.6) is 0 Å². The molecule has 0 saturated heterocycles. The molecule has 0 radical (unpaired) electrons. The molecule has 0 fully saturated rings. The number of rotatable bonds is 4. The molecule has 0 aliphatic rings. The molecule has 1 rings (SSSR count). The van der Waals surface area contributed by atoms with Crippen molar-refractivity contribution in [3.63, 3.8) is 0 Å². The van der Waals surface area contributed by atoms with Crippen molar-refractivity contribution in [3.05, 3.63) is 34.3 Å². The van der Waals surface area contributed by atoms with E-state index in [1.54, 1.807) is 32.0 Å². The normalized spacial score (nSPS) is 12.1. The molecule has 84 valence electrons. The van der Waals surface area contributed by atoms with Crippen molar-refractivity contribution < 1.29 is 8.78 Å². The van der Waals surface area contributed by atoms with Gasteiger partial charge in [0.1, 0.15) is 0 Å². The van der Waals surface area contributed by atoms with E-state index in [1.165, 1.54) is 6.07 Å². The molecule has 0 aromatic heterocycles. The Morgan fingerprint density at radius 2 is 1.73 bits per heavy atom. The third kappa shape index (κ3) is 2.55. The van der Waals surface area contributed by atoms with Crippen LogP contribution < -0.4 is 0 Å². The first kappa shape index (κ1) is 12.6. The second-order valence-electron chi connectivity index (χ2n) is 3.19. The van der Waals surface area contributed by atoms with Gasteiger partial charge in [-0.3, -0.25) is 0 Å². The maximum atomic E-state index is 14.0. The Hall–Kier alpha value is -0.480. The number of alkyl halides is 2. The first-order chi connectivity index (χ1) is 7.04. The van der Waals surface area contributed by atoms with E-state index in [1.807, 2.05) is 0 Å². The number of hydrogen-bond acceptors (Lipinski definition) is 1.